The van der Waals surface area contributed by atoms with E-state index in [2.05, 4.69) is 13.0 Å². The lowest BCUT2D eigenvalue weighted by molar-refractivity contribution is 0.213. The molecule has 1 unspecified atom stereocenters. The number of aryl methyl sites for hydroxylation is 1. The van der Waals surface area contributed by atoms with Gasteiger partial charge in [-0.15, -0.1) is 0 Å². The number of ether oxygens (including phenoxy) is 1. The Morgan fingerprint density at radius 2 is 1.94 bits per heavy atom. The number of halogens is 1. The lowest BCUT2D eigenvalue weighted by atomic mass is 10.0. The molecular weight excluding hydrogens is 246 g/mol. The Bertz CT molecular complexity index is 527. The number of rotatable bonds is 4. The van der Waals surface area contributed by atoms with E-state index in [0.29, 0.717) is 11.6 Å². The van der Waals surface area contributed by atoms with Gasteiger partial charge in [-0.25, -0.2) is 0 Å². The fourth-order valence-corrected chi connectivity index (χ4v) is 2.07. The van der Waals surface area contributed by atoms with Crippen molar-refractivity contribution < 1.29 is 4.74 Å². The molecule has 18 heavy (non-hydrogen) atoms. The molecule has 0 aliphatic carbocycles. The average molecular weight is 262 g/mol. The van der Waals surface area contributed by atoms with E-state index >= 15 is 0 Å². The Balaban J connectivity index is 2.23. The molecule has 1 atom stereocenters. The molecule has 0 aliphatic heterocycles. The maximum atomic E-state index is 5.94. The van der Waals surface area contributed by atoms with E-state index in [4.69, 9.17) is 22.1 Å². The lowest BCUT2D eigenvalue weighted by Crippen LogP contribution is -2.19. The molecule has 94 valence electrons. The van der Waals surface area contributed by atoms with Gasteiger partial charge in [-0.3, -0.25) is 0 Å². The van der Waals surface area contributed by atoms with Gasteiger partial charge < -0.3 is 10.5 Å². The Hall–Kier alpha value is -1.51. The summed E-state index contributed by atoms with van der Waals surface area (Å²) in [5.41, 5.74) is 8.09. The van der Waals surface area contributed by atoms with Gasteiger partial charge in [0.2, 0.25) is 0 Å². The van der Waals surface area contributed by atoms with Gasteiger partial charge in [0.05, 0.1) is 0 Å². The third-order valence-electron chi connectivity index (χ3n) is 2.82. The van der Waals surface area contributed by atoms with Gasteiger partial charge in [0.25, 0.3) is 0 Å². The van der Waals surface area contributed by atoms with Gasteiger partial charge in [0.15, 0.2) is 0 Å². The highest BCUT2D eigenvalue weighted by Gasteiger charge is 2.13. The normalized spacial score (nSPS) is 12.2. The summed E-state index contributed by atoms with van der Waals surface area (Å²) in [5.74, 6) is 0.737. The summed E-state index contributed by atoms with van der Waals surface area (Å²) in [4.78, 5) is 0. The summed E-state index contributed by atoms with van der Waals surface area (Å²) in [6.45, 7) is 2.48. The van der Waals surface area contributed by atoms with Crippen LogP contribution in [-0.4, -0.2) is 6.54 Å². The average Bonchev–Trinajstić information content (AvgIpc) is 2.37. The van der Waals surface area contributed by atoms with Gasteiger partial charge in [-0.2, -0.15) is 0 Å². The van der Waals surface area contributed by atoms with E-state index in [9.17, 15) is 0 Å². The second-order valence-corrected chi connectivity index (χ2v) is 4.59. The Kier molecular flexibility index (Phi) is 4.24. The van der Waals surface area contributed by atoms with Crippen LogP contribution in [0.1, 0.15) is 17.2 Å². The van der Waals surface area contributed by atoms with E-state index in [-0.39, 0.29) is 6.10 Å². The van der Waals surface area contributed by atoms with Crippen molar-refractivity contribution in [2.24, 2.45) is 5.73 Å². The zero-order valence-corrected chi connectivity index (χ0v) is 11.0. The van der Waals surface area contributed by atoms with Crippen LogP contribution in [0.5, 0.6) is 5.75 Å². The highest BCUT2D eigenvalue weighted by Crippen LogP contribution is 2.25. The van der Waals surface area contributed by atoms with E-state index < -0.39 is 0 Å². The summed E-state index contributed by atoms with van der Waals surface area (Å²) in [6, 6.07) is 15.5. The van der Waals surface area contributed by atoms with Crippen molar-refractivity contribution >= 4 is 11.6 Å². The highest BCUT2D eigenvalue weighted by atomic mass is 35.5. The van der Waals surface area contributed by atoms with Crippen molar-refractivity contribution in [2.75, 3.05) is 6.54 Å². The maximum absolute atomic E-state index is 5.94. The first-order valence-corrected chi connectivity index (χ1v) is 6.26. The first kappa shape index (κ1) is 12.9. The lowest BCUT2D eigenvalue weighted by Gasteiger charge is -2.19. The van der Waals surface area contributed by atoms with Crippen LogP contribution in [0, 0.1) is 6.92 Å². The maximum Gasteiger partial charge on any atom is 0.136 e. The molecule has 0 saturated heterocycles. The summed E-state index contributed by atoms with van der Waals surface area (Å²) < 4.78 is 5.90. The predicted octanol–water partition coefficient (Wildman–Crippen LogP) is 3.73. The largest absolute Gasteiger partial charge is 0.484 e. The quantitative estimate of drug-likeness (QED) is 0.910. The smallest absolute Gasteiger partial charge is 0.136 e. The molecule has 0 aliphatic rings. The molecule has 0 heterocycles. The molecule has 2 N–H and O–H groups in total. The topological polar surface area (TPSA) is 35.2 Å². The van der Waals surface area contributed by atoms with Gasteiger partial charge in [-0.1, -0.05) is 41.9 Å². The Labute approximate surface area is 112 Å². The third kappa shape index (κ3) is 3.03. The minimum atomic E-state index is -0.148. The monoisotopic (exact) mass is 261 g/mol. The molecule has 2 nitrogen and oxygen atoms in total. The van der Waals surface area contributed by atoms with Gasteiger partial charge in [0.1, 0.15) is 11.9 Å². The number of hydrogen-bond acceptors (Lipinski definition) is 2. The number of benzene rings is 2. The molecule has 2 aromatic carbocycles. The van der Waals surface area contributed by atoms with Crippen LogP contribution in [0.2, 0.25) is 5.02 Å². The van der Waals surface area contributed by atoms with Crippen molar-refractivity contribution in [1.29, 1.82) is 0 Å². The van der Waals surface area contributed by atoms with Crippen LogP contribution in [0.15, 0.2) is 48.5 Å². The van der Waals surface area contributed by atoms with E-state index in [1.165, 1.54) is 5.56 Å². The molecule has 0 amide bonds. The zero-order valence-electron chi connectivity index (χ0n) is 10.3. The first-order chi connectivity index (χ1) is 8.70. The molecule has 0 radical (unpaired) electrons. The molecular formula is C15H16ClNO. The van der Waals surface area contributed by atoms with Crippen molar-refractivity contribution in [3.8, 4) is 5.75 Å². The predicted molar refractivity (Wildman–Crippen MR) is 75.1 cm³/mol. The summed E-state index contributed by atoms with van der Waals surface area (Å²) >= 11 is 5.94. The highest BCUT2D eigenvalue weighted by molar-refractivity contribution is 6.30. The zero-order chi connectivity index (χ0) is 13.0. The standard InChI is InChI=1S/C15H16ClNO/c1-11-5-2-3-8-14(11)15(10-17)18-13-7-4-6-12(16)9-13/h2-9,15H,10,17H2,1H3. The van der Waals surface area contributed by atoms with Crippen LogP contribution in [0.4, 0.5) is 0 Å². The molecule has 2 aromatic rings. The van der Waals surface area contributed by atoms with Crippen molar-refractivity contribution in [3.05, 3.63) is 64.7 Å². The molecule has 0 fully saturated rings. The van der Waals surface area contributed by atoms with Crippen molar-refractivity contribution in [1.82, 2.24) is 0 Å². The van der Waals surface area contributed by atoms with Crippen LogP contribution < -0.4 is 10.5 Å². The van der Waals surface area contributed by atoms with Gasteiger partial charge in [0, 0.05) is 11.6 Å². The number of nitrogens with two attached hydrogens (primary N) is 1. The molecule has 2 rings (SSSR count). The van der Waals surface area contributed by atoms with Gasteiger partial charge >= 0.3 is 0 Å². The fraction of sp³-hybridized carbons (Fsp3) is 0.200. The van der Waals surface area contributed by atoms with Gasteiger partial charge in [-0.05, 0) is 36.2 Å². The van der Waals surface area contributed by atoms with Crippen LogP contribution in [0.25, 0.3) is 0 Å². The fourth-order valence-electron chi connectivity index (χ4n) is 1.89. The van der Waals surface area contributed by atoms with E-state index in [1.54, 1.807) is 6.07 Å². The van der Waals surface area contributed by atoms with Crippen molar-refractivity contribution in [2.45, 2.75) is 13.0 Å². The van der Waals surface area contributed by atoms with E-state index in [1.807, 2.05) is 36.4 Å². The molecule has 0 saturated carbocycles. The Morgan fingerprint density at radius 1 is 1.17 bits per heavy atom. The second-order valence-electron chi connectivity index (χ2n) is 4.16. The van der Waals surface area contributed by atoms with Crippen LogP contribution >= 0.6 is 11.6 Å². The Morgan fingerprint density at radius 3 is 2.61 bits per heavy atom. The first-order valence-electron chi connectivity index (χ1n) is 5.88. The van der Waals surface area contributed by atoms with E-state index in [0.717, 1.165) is 11.3 Å². The minimum Gasteiger partial charge on any atom is -0.484 e. The summed E-state index contributed by atoms with van der Waals surface area (Å²) in [5, 5.41) is 0.660. The molecule has 0 bridgehead atoms. The SMILES string of the molecule is Cc1ccccc1C(CN)Oc1cccc(Cl)c1. The molecule has 3 heteroatoms. The second kappa shape index (κ2) is 5.89. The summed E-state index contributed by atoms with van der Waals surface area (Å²) in [6.07, 6.45) is -0.148. The third-order valence-corrected chi connectivity index (χ3v) is 3.06. The number of hydrogen-bond donors (Lipinski definition) is 1. The van der Waals surface area contributed by atoms with Crippen LogP contribution in [-0.2, 0) is 0 Å². The molecule has 0 spiro atoms. The summed E-state index contributed by atoms with van der Waals surface area (Å²) in [7, 11) is 0. The minimum absolute atomic E-state index is 0.148. The molecule has 0 aromatic heterocycles. The van der Waals surface area contributed by atoms with Crippen molar-refractivity contribution in [3.63, 3.8) is 0 Å². The van der Waals surface area contributed by atoms with Crippen LogP contribution in [0.3, 0.4) is 0 Å².